The number of hydrogen-bond acceptors (Lipinski definition) is 3. The minimum atomic E-state index is 0.116. The Morgan fingerprint density at radius 3 is 2.33 bits per heavy atom. The van der Waals surface area contributed by atoms with Crippen LogP contribution in [0.4, 0.5) is 0 Å². The largest absolute Gasteiger partial charge is 0.392 e. The second kappa shape index (κ2) is 4.75. The van der Waals surface area contributed by atoms with Crippen molar-refractivity contribution in [2.75, 3.05) is 0 Å². The number of nitrogens with one attached hydrogen (secondary N) is 1. The fraction of sp³-hybridized carbons (Fsp3) is 0.500. The zero-order valence-corrected chi connectivity index (χ0v) is 8.82. The Labute approximate surface area is 90.3 Å². The van der Waals surface area contributed by atoms with E-state index in [0.717, 1.165) is 24.9 Å². The SMILES string of the molecule is NC1CC(NCc2ccc(CO)cc2)C1. The molecule has 0 aromatic heterocycles. The standard InChI is InChI=1S/C12H18N2O/c13-11-5-12(6-11)14-7-9-1-3-10(8-15)4-2-9/h1-4,11-12,14-15H,5-8,13H2. The molecule has 0 saturated heterocycles. The molecule has 3 heteroatoms. The number of nitrogens with two attached hydrogens (primary N) is 1. The van der Waals surface area contributed by atoms with Gasteiger partial charge in [0.05, 0.1) is 6.61 Å². The van der Waals surface area contributed by atoms with E-state index in [1.165, 1.54) is 5.56 Å². The lowest BCUT2D eigenvalue weighted by molar-refractivity contribution is 0.281. The molecule has 0 amide bonds. The van der Waals surface area contributed by atoms with Crippen molar-refractivity contribution < 1.29 is 5.11 Å². The van der Waals surface area contributed by atoms with Crippen LogP contribution in [0.5, 0.6) is 0 Å². The van der Waals surface area contributed by atoms with Gasteiger partial charge >= 0.3 is 0 Å². The second-order valence-corrected chi connectivity index (χ2v) is 4.28. The Balaban J connectivity index is 1.78. The van der Waals surface area contributed by atoms with Crippen molar-refractivity contribution in [3.63, 3.8) is 0 Å². The highest BCUT2D eigenvalue weighted by Gasteiger charge is 2.24. The Kier molecular flexibility index (Phi) is 3.36. The zero-order valence-electron chi connectivity index (χ0n) is 8.82. The number of benzene rings is 1. The minimum absolute atomic E-state index is 0.116. The van der Waals surface area contributed by atoms with Crippen LogP contribution in [0.1, 0.15) is 24.0 Å². The molecule has 0 heterocycles. The third-order valence-electron chi connectivity index (χ3n) is 2.97. The van der Waals surface area contributed by atoms with E-state index in [9.17, 15) is 0 Å². The Morgan fingerprint density at radius 2 is 1.80 bits per heavy atom. The van der Waals surface area contributed by atoms with E-state index < -0.39 is 0 Å². The van der Waals surface area contributed by atoms with E-state index in [1.807, 2.05) is 12.1 Å². The molecule has 4 N–H and O–H groups in total. The first-order chi connectivity index (χ1) is 7.28. The zero-order chi connectivity index (χ0) is 10.7. The Morgan fingerprint density at radius 1 is 1.20 bits per heavy atom. The molecule has 0 unspecified atom stereocenters. The van der Waals surface area contributed by atoms with Gasteiger partial charge in [0.15, 0.2) is 0 Å². The molecule has 1 saturated carbocycles. The van der Waals surface area contributed by atoms with Crippen molar-refractivity contribution >= 4 is 0 Å². The van der Waals surface area contributed by atoms with Crippen molar-refractivity contribution in [2.24, 2.45) is 5.73 Å². The van der Waals surface area contributed by atoms with Crippen LogP contribution >= 0.6 is 0 Å². The second-order valence-electron chi connectivity index (χ2n) is 4.28. The minimum Gasteiger partial charge on any atom is -0.392 e. The molecule has 0 aliphatic heterocycles. The van der Waals surface area contributed by atoms with Crippen LogP contribution in [0.15, 0.2) is 24.3 Å². The van der Waals surface area contributed by atoms with Crippen LogP contribution in [-0.4, -0.2) is 17.2 Å². The molecule has 1 aromatic rings. The predicted octanol–water partition coefficient (Wildman–Crippen LogP) is 0.758. The molecule has 0 spiro atoms. The molecule has 1 aromatic carbocycles. The van der Waals surface area contributed by atoms with Crippen molar-refractivity contribution in [3.8, 4) is 0 Å². The van der Waals surface area contributed by atoms with Gasteiger partial charge in [-0.2, -0.15) is 0 Å². The third kappa shape index (κ3) is 2.78. The Bertz CT molecular complexity index is 304. The molecule has 1 aliphatic carbocycles. The summed E-state index contributed by atoms with van der Waals surface area (Å²) >= 11 is 0. The molecule has 1 aliphatic rings. The summed E-state index contributed by atoms with van der Waals surface area (Å²) in [6, 6.07) is 9.03. The van der Waals surface area contributed by atoms with E-state index in [2.05, 4.69) is 17.4 Å². The molecular formula is C12H18N2O. The highest BCUT2D eigenvalue weighted by Crippen LogP contribution is 2.17. The van der Waals surface area contributed by atoms with E-state index in [1.54, 1.807) is 0 Å². The smallest absolute Gasteiger partial charge is 0.0681 e. The lowest BCUT2D eigenvalue weighted by Crippen LogP contribution is -2.48. The maximum Gasteiger partial charge on any atom is 0.0681 e. The summed E-state index contributed by atoms with van der Waals surface area (Å²) < 4.78 is 0. The summed E-state index contributed by atoms with van der Waals surface area (Å²) in [6.07, 6.45) is 2.18. The van der Waals surface area contributed by atoms with Crippen LogP contribution < -0.4 is 11.1 Å². The van der Waals surface area contributed by atoms with Crippen molar-refractivity contribution in [2.45, 2.75) is 38.1 Å². The van der Waals surface area contributed by atoms with Crippen LogP contribution in [-0.2, 0) is 13.2 Å². The van der Waals surface area contributed by atoms with Crippen molar-refractivity contribution in [1.29, 1.82) is 0 Å². The van der Waals surface area contributed by atoms with Crippen LogP contribution in [0.3, 0.4) is 0 Å². The normalized spacial score (nSPS) is 24.9. The van der Waals surface area contributed by atoms with Gasteiger partial charge in [-0.3, -0.25) is 0 Å². The maximum atomic E-state index is 8.89. The van der Waals surface area contributed by atoms with Gasteiger partial charge < -0.3 is 16.2 Å². The average molecular weight is 206 g/mol. The van der Waals surface area contributed by atoms with Gasteiger partial charge in [-0.15, -0.1) is 0 Å². The van der Waals surface area contributed by atoms with Gasteiger partial charge in [-0.25, -0.2) is 0 Å². The van der Waals surface area contributed by atoms with E-state index in [4.69, 9.17) is 10.8 Å². The van der Waals surface area contributed by atoms with Gasteiger partial charge in [0.1, 0.15) is 0 Å². The Hall–Kier alpha value is -0.900. The molecule has 82 valence electrons. The first-order valence-electron chi connectivity index (χ1n) is 5.45. The fourth-order valence-corrected chi connectivity index (χ4v) is 1.85. The first kappa shape index (κ1) is 10.6. The maximum absolute atomic E-state index is 8.89. The van der Waals surface area contributed by atoms with Gasteiger partial charge in [-0.1, -0.05) is 24.3 Å². The van der Waals surface area contributed by atoms with E-state index in [-0.39, 0.29) is 6.61 Å². The quantitative estimate of drug-likeness (QED) is 0.681. The van der Waals surface area contributed by atoms with Crippen LogP contribution in [0.2, 0.25) is 0 Å². The van der Waals surface area contributed by atoms with Crippen LogP contribution in [0.25, 0.3) is 0 Å². The van der Waals surface area contributed by atoms with Gasteiger partial charge in [-0.05, 0) is 24.0 Å². The van der Waals surface area contributed by atoms with Gasteiger partial charge in [0.25, 0.3) is 0 Å². The number of aliphatic hydroxyl groups is 1. The fourth-order valence-electron chi connectivity index (χ4n) is 1.85. The van der Waals surface area contributed by atoms with Gasteiger partial charge in [0.2, 0.25) is 0 Å². The van der Waals surface area contributed by atoms with Gasteiger partial charge in [0, 0.05) is 18.6 Å². The topological polar surface area (TPSA) is 58.3 Å². The predicted molar refractivity (Wildman–Crippen MR) is 60.2 cm³/mol. The number of rotatable bonds is 4. The summed E-state index contributed by atoms with van der Waals surface area (Å²) in [7, 11) is 0. The highest BCUT2D eigenvalue weighted by atomic mass is 16.3. The molecule has 1 fully saturated rings. The van der Waals surface area contributed by atoms with Crippen molar-refractivity contribution in [1.82, 2.24) is 5.32 Å². The number of hydrogen-bond donors (Lipinski definition) is 3. The summed E-state index contributed by atoms with van der Waals surface area (Å²) in [5, 5.41) is 12.4. The average Bonchev–Trinajstić information content (AvgIpc) is 2.23. The summed E-state index contributed by atoms with van der Waals surface area (Å²) in [4.78, 5) is 0. The summed E-state index contributed by atoms with van der Waals surface area (Å²) in [5.74, 6) is 0. The lowest BCUT2D eigenvalue weighted by atomic mass is 9.87. The molecule has 3 nitrogen and oxygen atoms in total. The summed E-state index contributed by atoms with van der Waals surface area (Å²) in [5.41, 5.74) is 7.93. The monoisotopic (exact) mass is 206 g/mol. The molecule has 0 radical (unpaired) electrons. The van der Waals surface area contributed by atoms with Crippen molar-refractivity contribution in [3.05, 3.63) is 35.4 Å². The third-order valence-corrected chi connectivity index (χ3v) is 2.97. The lowest BCUT2D eigenvalue weighted by Gasteiger charge is -2.33. The number of aliphatic hydroxyl groups excluding tert-OH is 1. The summed E-state index contributed by atoms with van der Waals surface area (Å²) in [6.45, 7) is 1.01. The van der Waals surface area contributed by atoms with E-state index >= 15 is 0 Å². The highest BCUT2D eigenvalue weighted by molar-refractivity contribution is 5.21. The molecular weight excluding hydrogens is 188 g/mol. The first-order valence-corrected chi connectivity index (χ1v) is 5.45. The molecule has 0 atom stereocenters. The molecule has 15 heavy (non-hydrogen) atoms. The molecule has 0 bridgehead atoms. The van der Waals surface area contributed by atoms with E-state index in [0.29, 0.717) is 12.1 Å². The van der Waals surface area contributed by atoms with Crippen LogP contribution in [0, 0.1) is 0 Å². The molecule has 2 rings (SSSR count).